The van der Waals surface area contributed by atoms with Gasteiger partial charge in [0.2, 0.25) is 5.91 Å². The summed E-state index contributed by atoms with van der Waals surface area (Å²) in [5, 5.41) is 6.23. The van der Waals surface area contributed by atoms with Gasteiger partial charge in [0, 0.05) is 42.9 Å². The molecule has 3 aliphatic rings. The van der Waals surface area contributed by atoms with E-state index in [1.54, 1.807) is 6.92 Å². The number of benzene rings is 2. The van der Waals surface area contributed by atoms with E-state index in [0.29, 0.717) is 19.3 Å². The Morgan fingerprint density at radius 1 is 0.852 bits per heavy atom. The third-order valence-electron chi connectivity index (χ3n) is 12.0. The third-order valence-corrected chi connectivity index (χ3v) is 12.0. The summed E-state index contributed by atoms with van der Waals surface area (Å²) in [6, 6.07) is 20.0. The van der Waals surface area contributed by atoms with Crippen LogP contribution >= 0.6 is 0 Å². The van der Waals surface area contributed by atoms with Gasteiger partial charge >= 0.3 is 11.9 Å². The minimum absolute atomic E-state index is 0.0547. The van der Waals surface area contributed by atoms with Gasteiger partial charge in [-0.25, -0.2) is 0 Å². The number of nitrogens with zero attached hydrogens (tertiary/aromatic N) is 2. The summed E-state index contributed by atoms with van der Waals surface area (Å²) in [5.74, 6) is -0.832. The molecule has 10 heteroatoms. The Bertz CT molecular complexity index is 1490. The molecule has 298 valence electrons. The van der Waals surface area contributed by atoms with E-state index in [4.69, 9.17) is 4.74 Å². The minimum atomic E-state index is -0.736. The Morgan fingerprint density at radius 3 is 2.07 bits per heavy atom. The summed E-state index contributed by atoms with van der Waals surface area (Å²) >= 11 is 0. The van der Waals surface area contributed by atoms with E-state index >= 15 is 0 Å². The van der Waals surface area contributed by atoms with Crippen LogP contribution in [-0.2, 0) is 40.6 Å². The number of piperidine rings is 1. The van der Waals surface area contributed by atoms with Crippen molar-refractivity contribution in [2.75, 3.05) is 34.3 Å². The van der Waals surface area contributed by atoms with E-state index in [2.05, 4.69) is 101 Å². The monoisotopic (exact) mass is 746 g/mol. The molecule has 1 saturated heterocycles. The molecular weight excluding hydrogens is 681 g/mol. The second-order valence-electron chi connectivity index (χ2n) is 16.0. The highest BCUT2D eigenvalue weighted by atomic mass is 16.5. The van der Waals surface area contributed by atoms with Gasteiger partial charge in [0.15, 0.2) is 6.10 Å². The number of methoxy groups -OCH3 is 1. The van der Waals surface area contributed by atoms with E-state index in [9.17, 15) is 19.2 Å². The van der Waals surface area contributed by atoms with Crippen molar-refractivity contribution in [1.29, 1.82) is 0 Å². The van der Waals surface area contributed by atoms with Gasteiger partial charge < -0.3 is 25.0 Å². The first kappa shape index (κ1) is 43.0. The SMILES string of the molecule is CC(=O)OC(C)C(=O)NC1CCC(Cc2cccc(C)c2)(N(C)C)CC1.COC(=O)CCCC(=O)NC1CCC(c2ccccc2)(N2CCCCC2)CC1. The molecule has 2 aliphatic carbocycles. The maximum absolute atomic E-state index is 12.2. The van der Waals surface area contributed by atoms with Crippen molar-refractivity contribution in [1.82, 2.24) is 20.4 Å². The molecule has 3 fully saturated rings. The molecule has 2 amide bonds. The molecule has 0 spiro atoms. The normalized spacial score (nSPS) is 25.0. The number of rotatable bonds is 13. The number of esters is 2. The number of carbonyl (C=O) groups excluding carboxylic acids is 4. The first-order valence-corrected chi connectivity index (χ1v) is 20.2. The second-order valence-corrected chi connectivity index (χ2v) is 16.0. The lowest BCUT2D eigenvalue weighted by Gasteiger charge is -2.50. The predicted octanol–water partition coefficient (Wildman–Crippen LogP) is 6.62. The Labute approximate surface area is 324 Å². The molecule has 10 nitrogen and oxygen atoms in total. The Balaban J connectivity index is 0.000000241. The van der Waals surface area contributed by atoms with E-state index < -0.39 is 12.1 Å². The van der Waals surface area contributed by atoms with Crippen molar-refractivity contribution in [2.24, 2.45) is 0 Å². The lowest BCUT2D eigenvalue weighted by atomic mass is 9.73. The molecule has 1 unspecified atom stereocenters. The van der Waals surface area contributed by atoms with E-state index in [1.165, 1.54) is 63.1 Å². The van der Waals surface area contributed by atoms with Crippen LogP contribution in [0.1, 0.15) is 120 Å². The highest BCUT2D eigenvalue weighted by Crippen LogP contribution is 2.43. The fraction of sp³-hybridized carbons (Fsp3) is 0.636. The van der Waals surface area contributed by atoms with Gasteiger partial charge in [0.1, 0.15) is 0 Å². The van der Waals surface area contributed by atoms with Crippen LogP contribution in [0.4, 0.5) is 0 Å². The maximum atomic E-state index is 12.2. The van der Waals surface area contributed by atoms with Gasteiger partial charge in [-0.15, -0.1) is 0 Å². The first-order chi connectivity index (χ1) is 25.9. The molecule has 0 bridgehead atoms. The van der Waals surface area contributed by atoms with Crippen molar-refractivity contribution in [3.8, 4) is 0 Å². The van der Waals surface area contributed by atoms with Crippen molar-refractivity contribution < 1.29 is 28.7 Å². The summed E-state index contributed by atoms with van der Waals surface area (Å²) in [6.07, 6.45) is 13.6. The molecule has 1 atom stereocenters. The number of amides is 2. The van der Waals surface area contributed by atoms with Crippen LogP contribution in [-0.4, -0.2) is 91.6 Å². The van der Waals surface area contributed by atoms with Gasteiger partial charge in [-0.3, -0.25) is 24.1 Å². The van der Waals surface area contributed by atoms with Crippen molar-refractivity contribution in [2.45, 2.75) is 146 Å². The molecule has 1 heterocycles. The fourth-order valence-electron chi connectivity index (χ4n) is 8.80. The Morgan fingerprint density at radius 2 is 1.48 bits per heavy atom. The molecule has 0 radical (unpaired) electrons. The summed E-state index contributed by atoms with van der Waals surface area (Å²) in [4.78, 5) is 51.6. The van der Waals surface area contributed by atoms with Gasteiger partial charge in [0.05, 0.1) is 7.11 Å². The lowest BCUT2D eigenvalue weighted by molar-refractivity contribution is -0.153. The molecule has 2 aromatic rings. The van der Waals surface area contributed by atoms with Gasteiger partial charge in [-0.2, -0.15) is 0 Å². The lowest BCUT2D eigenvalue weighted by Crippen LogP contribution is -2.53. The van der Waals surface area contributed by atoms with Crippen LogP contribution in [0.3, 0.4) is 0 Å². The van der Waals surface area contributed by atoms with Crippen molar-refractivity contribution >= 4 is 23.8 Å². The van der Waals surface area contributed by atoms with Crippen LogP contribution in [0.2, 0.25) is 0 Å². The molecule has 2 saturated carbocycles. The zero-order valence-corrected chi connectivity index (χ0v) is 33.8. The predicted molar refractivity (Wildman–Crippen MR) is 213 cm³/mol. The largest absolute Gasteiger partial charge is 0.469 e. The average molecular weight is 747 g/mol. The van der Waals surface area contributed by atoms with Gasteiger partial charge in [0.25, 0.3) is 5.91 Å². The van der Waals surface area contributed by atoms with E-state index in [1.807, 2.05) is 0 Å². The smallest absolute Gasteiger partial charge is 0.305 e. The molecule has 0 aromatic heterocycles. The summed E-state index contributed by atoms with van der Waals surface area (Å²) in [5.41, 5.74) is 4.32. The second kappa shape index (κ2) is 20.8. The van der Waals surface area contributed by atoms with Crippen LogP contribution < -0.4 is 10.6 Å². The van der Waals surface area contributed by atoms with Gasteiger partial charge in [-0.05, 0) is 129 Å². The molecule has 54 heavy (non-hydrogen) atoms. The fourth-order valence-corrected chi connectivity index (χ4v) is 8.80. The number of ether oxygens (including phenoxy) is 2. The Kier molecular flexibility index (Phi) is 16.5. The molecular formula is C44H66N4O6. The number of aryl methyl sites for hydroxylation is 1. The Hall–Kier alpha value is -3.76. The molecule has 2 aromatic carbocycles. The van der Waals surface area contributed by atoms with E-state index in [0.717, 1.165) is 57.8 Å². The van der Waals surface area contributed by atoms with Crippen LogP contribution in [0.5, 0.6) is 0 Å². The highest BCUT2D eigenvalue weighted by Gasteiger charge is 2.42. The number of carbonyl (C=O) groups is 4. The molecule has 2 N–H and O–H groups in total. The van der Waals surface area contributed by atoms with Crippen molar-refractivity contribution in [3.05, 3.63) is 71.3 Å². The van der Waals surface area contributed by atoms with Crippen LogP contribution in [0.15, 0.2) is 54.6 Å². The number of hydrogen-bond acceptors (Lipinski definition) is 8. The average Bonchev–Trinajstić information content (AvgIpc) is 3.16. The minimum Gasteiger partial charge on any atom is -0.469 e. The number of hydrogen-bond donors (Lipinski definition) is 2. The summed E-state index contributed by atoms with van der Waals surface area (Å²) < 4.78 is 9.59. The summed E-state index contributed by atoms with van der Waals surface area (Å²) in [7, 11) is 5.68. The van der Waals surface area contributed by atoms with E-state index in [-0.39, 0.29) is 40.9 Å². The topological polar surface area (TPSA) is 117 Å². The highest BCUT2D eigenvalue weighted by molar-refractivity contribution is 5.83. The van der Waals surface area contributed by atoms with Crippen LogP contribution in [0, 0.1) is 6.92 Å². The maximum Gasteiger partial charge on any atom is 0.305 e. The quantitative estimate of drug-likeness (QED) is 0.220. The summed E-state index contributed by atoms with van der Waals surface area (Å²) in [6.45, 7) is 7.42. The standard InChI is InChI=1S/C23H34N2O3.C21H32N2O3/c1-28-22(27)12-8-11-21(26)24-20-13-15-23(16-14-20,19-9-4-2-5-10-19)25-17-6-3-7-18-25;1-15-7-6-8-18(13-15)14-21(23(4)5)11-9-19(10-12-21)22-20(25)16(2)26-17(3)24/h2,4-5,9-10,20H,3,6-8,11-18H2,1H3,(H,24,26);6-8,13,16,19H,9-12,14H2,1-5H3,(H,22,25). The van der Waals surface area contributed by atoms with Gasteiger partial charge in [-0.1, -0.05) is 66.6 Å². The first-order valence-electron chi connectivity index (χ1n) is 20.2. The van der Waals surface area contributed by atoms with Crippen molar-refractivity contribution in [3.63, 3.8) is 0 Å². The zero-order chi connectivity index (χ0) is 39.1. The number of likely N-dealkylation sites (N-methyl/N-ethyl adjacent to an activating group) is 1. The molecule has 1 aliphatic heterocycles. The molecule has 5 rings (SSSR count). The van der Waals surface area contributed by atoms with Crippen LogP contribution in [0.25, 0.3) is 0 Å². The third kappa shape index (κ3) is 12.4. The number of nitrogens with one attached hydrogen (secondary N) is 2. The number of likely N-dealkylation sites (tertiary alicyclic amines) is 1. The zero-order valence-electron chi connectivity index (χ0n) is 33.8.